The van der Waals surface area contributed by atoms with Crippen LogP contribution in [0.3, 0.4) is 0 Å². The predicted octanol–water partition coefficient (Wildman–Crippen LogP) is -0.314. The largest absolute Gasteiger partial charge is 0.396 e. The van der Waals surface area contributed by atoms with Crippen LogP contribution >= 0.6 is 0 Å². The number of hydrogen-bond donors (Lipinski definition) is 2. The first-order chi connectivity index (χ1) is 8.20. The molecule has 0 radical (unpaired) electrons. The molecule has 0 aliphatic rings. The van der Waals surface area contributed by atoms with Gasteiger partial charge in [-0.2, -0.15) is 0 Å². The second kappa shape index (κ2) is 6.97. The summed E-state index contributed by atoms with van der Waals surface area (Å²) in [5.41, 5.74) is 5.95. The highest BCUT2D eigenvalue weighted by molar-refractivity contribution is 5.91. The van der Waals surface area contributed by atoms with Crippen LogP contribution in [-0.2, 0) is 17.9 Å². The number of nitrogens with zero attached hydrogens (tertiary/aromatic N) is 3. The molecule has 0 atom stereocenters. The number of methoxy groups -OCH3 is 1. The highest BCUT2D eigenvalue weighted by Crippen LogP contribution is 2.08. The van der Waals surface area contributed by atoms with Crippen molar-refractivity contribution in [3.05, 3.63) is 11.4 Å². The molecule has 0 unspecified atom stereocenters. The van der Waals surface area contributed by atoms with E-state index in [1.54, 1.807) is 4.68 Å². The summed E-state index contributed by atoms with van der Waals surface area (Å²) in [4.78, 5) is 11.1. The van der Waals surface area contributed by atoms with Crippen LogP contribution in [0.15, 0.2) is 0 Å². The van der Waals surface area contributed by atoms with Crippen molar-refractivity contribution in [3.8, 4) is 0 Å². The molecule has 17 heavy (non-hydrogen) atoms. The quantitative estimate of drug-likeness (QED) is 0.608. The molecule has 7 nitrogen and oxygen atoms in total. The number of amides is 1. The molecule has 1 rings (SSSR count). The fraction of sp³-hybridized carbons (Fsp3) is 0.700. The molecule has 7 heteroatoms. The third-order valence-electron chi connectivity index (χ3n) is 2.38. The van der Waals surface area contributed by atoms with Gasteiger partial charge in [0, 0.05) is 20.3 Å². The third-order valence-corrected chi connectivity index (χ3v) is 2.38. The van der Waals surface area contributed by atoms with E-state index in [0.29, 0.717) is 12.2 Å². The Kier molecular flexibility index (Phi) is 5.58. The van der Waals surface area contributed by atoms with Gasteiger partial charge in [-0.15, -0.1) is 5.10 Å². The summed E-state index contributed by atoms with van der Waals surface area (Å²) in [5.74, 6) is -0.598. The molecule has 0 aromatic carbocycles. The number of aliphatic hydroxyl groups excluding tert-OH is 1. The molecule has 0 saturated carbocycles. The lowest BCUT2D eigenvalue weighted by Gasteiger charge is -2.05. The van der Waals surface area contributed by atoms with Crippen LogP contribution in [0.4, 0.5) is 0 Å². The highest BCUT2D eigenvalue weighted by Gasteiger charge is 2.16. The minimum Gasteiger partial charge on any atom is -0.396 e. The molecular formula is C10H18N4O3. The van der Waals surface area contributed by atoms with E-state index in [2.05, 4.69) is 10.3 Å². The van der Waals surface area contributed by atoms with Gasteiger partial charge in [-0.05, 0) is 19.3 Å². The normalized spacial score (nSPS) is 10.7. The fourth-order valence-electron chi connectivity index (χ4n) is 1.53. The van der Waals surface area contributed by atoms with E-state index in [1.165, 1.54) is 7.11 Å². The van der Waals surface area contributed by atoms with Gasteiger partial charge in [-0.1, -0.05) is 5.21 Å². The van der Waals surface area contributed by atoms with Gasteiger partial charge in [0.1, 0.15) is 0 Å². The van der Waals surface area contributed by atoms with E-state index in [4.69, 9.17) is 15.6 Å². The number of carbonyl (C=O) groups is 1. The second-order valence-corrected chi connectivity index (χ2v) is 3.69. The number of unbranched alkanes of at least 4 members (excludes halogenated alkanes) is 2. The molecule has 0 aliphatic heterocycles. The molecule has 96 valence electrons. The zero-order valence-corrected chi connectivity index (χ0v) is 9.93. The van der Waals surface area contributed by atoms with Crippen molar-refractivity contribution in [3.63, 3.8) is 0 Å². The van der Waals surface area contributed by atoms with E-state index in [-0.39, 0.29) is 18.9 Å². The molecule has 0 spiro atoms. The minimum absolute atomic E-state index is 0.161. The number of rotatable bonds is 8. The lowest BCUT2D eigenvalue weighted by molar-refractivity contribution is 0.0989. The van der Waals surface area contributed by atoms with Crippen LogP contribution in [0, 0.1) is 0 Å². The maximum absolute atomic E-state index is 11.1. The standard InChI is InChI=1S/C10H18N4O3/c1-17-7-8-9(10(11)16)12-13-14(8)5-3-2-4-6-15/h15H,2-7H2,1H3,(H2,11,16). The van der Waals surface area contributed by atoms with E-state index in [1.807, 2.05) is 0 Å². The second-order valence-electron chi connectivity index (χ2n) is 3.69. The summed E-state index contributed by atoms with van der Waals surface area (Å²) in [6, 6.07) is 0. The Hall–Kier alpha value is -1.47. The van der Waals surface area contributed by atoms with Crippen LogP contribution in [0.1, 0.15) is 35.4 Å². The lowest BCUT2D eigenvalue weighted by atomic mass is 10.2. The molecule has 1 amide bonds. The maximum atomic E-state index is 11.1. The van der Waals surface area contributed by atoms with Crippen molar-refractivity contribution in [2.45, 2.75) is 32.4 Å². The fourth-order valence-corrected chi connectivity index (χ4v) is 1.53. The van der Waals surface area contributed by atoms with Crippen molar-refractivity contribution >= 4 is 5.91 Å². The van der Waals surface area contributed by atoms with Crippen molar-refractivity contribution in [2.75, 3.05) is 13.7 Å². The van der Waals surface area contributed by atoms with Crippen molar-refractivity contribution in [1.29, 1.82) is 0 Å². The van der Waals surface area contributed by atoms with Gasteiger partial charge >= 0.3 is 0 Å². The van der Waals surface area contributed by atoms with Gasteiger partial charge in [0.05, 0.1) is 12.3 Å². The lowest BCUT2D eigenvalue weighted by Crippen LogP contribution is -2.16. The molecule has 0 aliphatic carbocycles. The Morgan fingerprint density at radius 1 is 1.47 bits per heavy atom. The Bertz CT molecular complexity index is 364. The van der Waals surface area contributed by atoms with E-state index in [0.717, 1.165) is 19.3 Å². The average molecular weight is 242 g/mol. The number of primary amides is 1. The number of hydrogen-bond acceptors (Lipinski definition) is 5. The number of ether oxygens (including phenoxy) is 1. The summed E-state index contributed by atoms with van der Waals surface area (Å²) in [5, 5.41) is 16.3. The average Bonchev–Trinajstić information content (AvgIpc) is 2.69. The highest BCUT2D eigenvalue weighted by atomic mass is 16.5. The summed E-state index contributed by atoms with van der Waals surface area (Å²) >= 11 is 0. The van der Waals surface area contributed by atoms with Crippen molar-refractivity contribution < 1.29 is 14.6 Å². The summed E-state index contributed by atoms with van der Waals surface area (Å²) in [6.45, 7) is 1.08. The van der Waals surface area contributed by atoms with E-state index >= 15 is 0 Å². The number of nitrogens with two attached hydrogens (primary N) is 1. The first kappa shape index (κ1) is 13.6. The first-order valence-electron chi connectivity index (χ1n) is 5.52. The van der Waals surface area contributed by atoms with Crippen LogP contribution in [-0.4, -0.2) is 39.7 Å². The molecule has 3 N–H and O–H groups in total. The number of carbonyl (C=O) groups excluding carboxylic acids is 1. The van der Waals surface area contributed by atoms with Crippen LogP contribution in [0.2, 0.25) is 0 Å². The Labute approximate surface area is 99.6 Å². The molecule has 1 heterocycles. The Morgan fingerprint density at radius 2 is 2.24 bits per heavy atom. The van der Waals surface area contributed by atoms with Gasteiger partial charge in [-0.25, -0.2) is 4.68 Å². The molecule has 0 fully saturated rings. The molecule has 0 saturated heterocycles. The Morgan fingerprint density at radius 3 is 2.82 bits per heavy atom. The molecule has 1 aromatic heterocycles. The van der Waals surface area contributed by atoms with Gasteiger partial charge in [0.15, 0.2) is 5.69 Å². The third kappa shape index (κ3) is 3.79. The summed E-state index contributed by atoms with van der Waals surface area (Å²) < 4.78 is 6.62. The number of aliphatic hydroxyl groups is 1. The van der Waals surface area contributed by atoms with Crippen LogP contribution in [0.25, 0.3) is 0 Å². The number of aromatic nitrogens is 3. The number of aryl methyl sites for hydroxylation is 1. The minimum atomic E-state index is -0.598. The Balaban J connectivity index is 2.67. The van der Waals surface area contributed by atoms with Gasteiger partial charge < -0.3 is 15.6 Å². The predicted molar refractivity (Wildman–Crippen MR) is 60.2 cm³/mol. The molecule has 0 bridgehead atoms. The van der Waals surface area contributed by atoms with Crippen molar-refractivity contribution in [2.24, 2.45) is 5.73 Å². The summed E-state index contributed by atoms with van der Waals surface area (Å²) in [7, 11) is 1.54. The SMILES string of the molecule is COCc1c(C(N)=O)nnn1CCCCCO. The van der Waals surface area contributed by atoms with Gasteiger partial charge in [-0.3, -0.25) is 4.79 Å². The first-order valence-corrected chi connectivity index (χ1v) is 5.52. The van der Waals surface area contributed by atoms with Crippen LogP contribution < -0.4 is 5.73 Å². The van der Waals surface area contributed by atoms with E-state index < -0.39 is 5.91 Å². The maximum Gasteiger partial charge on any atom is 0.271 e. The zero-order chi connectivity index (χ0) is 12.7. The van der Waals surface area contributed by atoms with Crippen molar-refractivity contribution in [1.82, 2.24) is 15.0 Å². The van der Waals surface area contributed by atoms with Crippen LogP contribution in [0.5, 0.6) is 0 Å². The molecule has 1 aromatic rings. The zero-order valence-electron chi connectivity index (χ0n) is 9.93. The summed E-state index contributed by atoms with van der Waals surface area (Å²) in [6.07, 6.45) is 2.52. The van der Waals surface area contributed by atoms with Gasteiger partial charge in [0.25, 0.3) is 5.91 Å². The van der Waals surface area contributed by atoms with E-state index in [9.17, 15) is 4.79 Å². The topological polar surface area (TPSA) is 103 Å². The smallest absolute Gasteiger partial charge is 0.271 e. The molecular weight excluding hydrogens is 224 g/mol. The monoisotopic (exact) mass is 242 g/mol. The van der Waals surface area contributed by atoms with Gasteiger partial charge in [0.2, 0.25) is 0 Å².